The fourth-order valence-electron chi connectivity index (χ4n) is 1.82. The van der Waals surface area contributed by atoms with Crippen molar-refractivity contribution < 1.29 is 4.74 Å². The summed E-state index contributed by atoms with van der Waals surface area (Å²) < 4.78 is 5.86. The predicted molar refractivity (Wildman–Crippen MR) is 75.6 cm³/mol. The number of aromatic nitrogens is 1. The molecule has 1 aromatic carbocycles. The zero-order valence-electron chi connectivity index (χ0n) is 10.5. The van der Waals surface area contributed by atoms with E-state index in [1.807, 2.05) is 30.3 Å². The molecule has 3 nitrogen and oxygen atoms in total. The van der Waals surface area contributed by atoms with E-state index in [2.05, 4.69) is 10.3 Å². The zero-order chi connectivity index (χ0) is 13.1. The lowest BCUT2D eigenvalue weighted by atomic mass is 10.2. The number of benzene rings is 1. The molecular formula is C15H15ClN2O. The van der Waals surface area contributed by atoms with E-state index in [0.29, 0.717) is 11.1 Å². The monoisotopic (exact) mass is 274 g/mol. The highest BCUT2D eigenvalue weighted by Crippen LogP contribution is 2.26. The molecule has 2 aromatic rings. The summed E-state index contributed by atoms with van der Waals surface area (Å²) in [5, 5.41) is 4.18. The van der Waals surface area contributed by atoms with Crippen LogP contribution in [0.4, 0.5) is 0 Å². The summed E-state index contributed by atoms with van der Waals surface area (Å²) in [6, 6.07) is 10.0. The van der Waals surface area contributed by atoms with Crippen molar-refractivity contribution >= 4 is 11.6 Å². The molecule has 1 aliphatic carbocycles. The van der Waals surface area contributed by atoms with Crippen LogP contribution in [0.15, 0.2) is 42.7 Å². The molecule has 4 heteroatoms. The van der Waals surface area contributed by atoms with Gasteiger partial charge in [-0.25, -0.2) is 0 Å². The van der Waals surface area contributed by atoms with Crippen molar-refractivity contribution in [1.29, 1.82) is 0 Å². The Kier molecular flexibility index (Phi) is 3.67. The molecule has 0 atom stereocenters. The standard InChI is InChI=1S/C15H15ClN2O/c16-12-1-5-14(6-2-12)19-15-10-17-8-7-11(15)9-18-13-3-4-13/h1-2,5-8,10,13,18H,3-4,9H2. The van der Waals surface area contributed by atoms with Crippen LogP contribution in [-0.4, -0.2) is 11.0 Å². The maximum Gasteiger partial charge on any atom is 0.150 e. The smallest absolute Gasteiger partial charge is 0.150 e. The van der Waals surface area contributed by atoms with E-state index in [-0.39, 0.29) is 0 Å². The normalized spacial score (nSPS) is 14.4. The van der Waals surface area contributed by atoms with Gasteiger partial charge in [-0.2, -0.15) is 0 Å². The summed E-state index contributed by atoms with van der Waals surface area (Å²) in [6.45, 7) is 0.816. The van der Waals surface area contributed by atoms with Gasteiger partial charge in [-0.3, -0.25) is 4.98 Å². The van der Waals surface area contributed by atoms with E-state index in [1.54, 1.807) is 12.4 Å². The van der Waals surface area contributed by atoms with Crippen LogP contribution >= 0.6 is 11.6 Å². The van der Waals surface area contributed by atoms with Crippen molar-refractivity contribution in [3.8, 4) is 11.5 Å². The molecule has 1 heterocycles. The summed E-state index contributed by atoms with van der Waals surface area (Å²) in [4.78, 5) is 4.12. The molecule has 0 saturated heterocycles. The van der Waals surface area contributed by atoms with Gasteiger partial charge in [0, 0.05) is 29.4 Å². The van der Waals surface area contributed by atoms with E-state index in [9.17, 15) is 0 Å². The van der Waals surface area contributed by atoms with Crippen LogP contribution in [0.1, 0.15) is 18.4 Å². The Hall–Kier alpha value is -1.58. The Morgan fingerprint density at radius 2 is 2.00 bits per heavy atom. The molecule has 0 spiro atoms. The number of rotatable bonds is 5. The Balaban J connectivity index is 1.73. The van der Waals surface area contributed by atoms with Crippen molar-refractivity contribution in [2.75, 3.05) is 0 Å². The van der Waals surface area contributed by atoms with Crippen LogP contribution in [0, 0.1) is 0 Å². The Labute approximate surface area is 117 Å². The average molecular weight is 275 g/mol. The van der Waals surface area contributed by atoms with Crippen LogP contribution in [0.3, 0.4) is 0 Å². The van der Waals surface area contributed by atoms with E-state index in [1.165, 1.54) is 12.8 Å². The third kappa shape index (κ3) is 3.46. The Morgan fingerprint density at radius 3 is 2.74 bits per heavy atom. The van der Waals surface area contributed by atoms with E-state index in [4.69, 9.17) is 16.3 Å². The molecule has 0 amide bonds. The Morgan fingerprint density at radius 1 is 1.21 bits per heavy atom. The fourth-order valence-corrected chi connectivity index (χ4v) is 1.94. The quantitative estimate of drug-likeness (QED) is 0.901. The van der Waals surface area contributed by atoms with Crippen molar-refractivity contribution in [3.63, 3.8) is 0 Å². The number of halogens is 1. The molecule has 1 aliphatic rings. The van der Waals surface area contributed by atoms with Gasteiger partial charge in [-0.1, -0.05) is 11.6 Å². The summed E-state index contributed by atoms with van der Waals surface area (Å²) in [5.41, 5.74) is 1.12. The van der Waals surface area contributed by atoms with Gasteiger partial charge in [0.2, 0.25) is 0 Å². The van der Waals surface area contributed by atoms with Crippen LogP contribution in [0.25, 0.3) is 0 Å². The molecule has 1 fully saturated rings. The van der Waals surface area contributed by atoms with Crippen LogP contribution in [0.5, 0.6) is 11.5 Å². The van der Waals surface area contributed by atoms with Crippen molar-refractivity contribution in [2.24, 2.45) is 0 Å². The minimum atomic E-state index is 0.677. The molecule has 0 radical (unpaired) electrons. The van der Waals surface area contributed by atoms with Gasteiger partial charge in [-0.15, -0.1) is 0 Å². The number of nitrogens with zero attached hydrogens (tertiary/aromatic N) is 1. The highest BCUT2D eigenvalue weighted by atomic mass is 35.5. The number of hydrogen-bond acceptors (Lipinski definition) is 3. The average Bonchev–Trinajstić information content (AvgIpc) is 3.25. The number of hydrogen-bond donors (Lipinski definition) is 1. The molecule has 0 unspecified atom stereocenters. The predicted octanol–water partition coefficient (Wildman–Crippen LogP) is 3.78. The third-order valence-corrected chi connectivity index (χ3v) is 3.32. The van der Waals surface area contributed by atoms with Gasteiger partial charge in [0.25, 0.3) is 0 Å². The van der Waals surface area contributed by atoms with Crippen molar-refractivity contribution in [1.82, 2.24) is 10.3 Å². The summed E-state index contributed by atoms with van der Waals surface area (Å²) in [7, 11) is 0. The van der Waals surface area contributed by atoms with E-state index >= 15 is 0 Å². The second-order valence-electron chi connectivity index (χ2n) is 4.69. The molecule has 0 aliphatic heterocycles. The van der Waals surface area contributed by atoms with Crippen LogP contribution in [0.2, 0.25) is 5.02 Å². The lowest BCUT2D eigenvalue weighted by Gasteiger charge is -2.11. The maximum atomic E-state index is 5.86. The van der Waals surface area contributed by atoms with Gasteiger partial charge >= 0.3 is 0 Å². The summed E-state index contributed by atoms with van der Waals surface area (Å²) in [5.74, 6) is 1.56. The first-order valence-corrected chi connectivity index (χ1v) is 6.79. The number of pyridine rings is 1. The van der Waals surface area contributed by atoms with Crippen LogP contribution in [-0.2, 0) is 6.54 Å². The summed E-state index contributed by atoms with van der Waals surface area (Å²) >= 11 is 5.86. The minimum Gasteiger partial charge on any atom is -0.455 e. The maximum absolute atomic E-state index is 5.86. The third-order valence-electron chi connectivity index (χ3n) is 3.07. The first kappa shape index (κ1) is 12.5. The molecule has 0 bridgehead atoms. The summed E-state index contributed by atoms with van der Waals surface area (Å²) in [6.07, 6.45) is 6.09. The SMILES string of the molecule is Clc1ccc(Oc2cnccc2CNC2CC2)cc1. The van der Waals surface area contributed by atoms with Crippen molar-refractivity contribution in [3.05, 3.63) is 53.3 Å². The second kappa shape index (κ2) is 5.59. The molecule has 1 saturated carbocycles. The largest absolute Gasteiger partial charge is 0.455 e. The molecule has 1 N–H and O–H groups in total. The second-order valence-corrected chi connectivity index (χ2v) is 5.13. The topological polar surface area (TPSA) is 34.1 Å². The first-order chi connectivity index (χ1) is 9.31. The van der Waals surface area contributed by atoms with Gasteiger partial charge < -0.3 is 10.1 Å². The number of ether oxygens (including phenoxy) is 1. The molecule has 19 heavy (non-hydrogen) atoms. The lowest BCUT2D eigenvalue weighted by Crippen LogP contribution is -2.15. The number of nitrogens with one attached hydrogen (secondary N) is 1. The highest BCUT2D eigenvalue weighted by molar-refractivity contribution is 6.30. The van der Waals surface area contributed by atoms with E-state index < -0.39 is 0 Å². The zero-order valence-corrected chi connectivity index (χ0v) is 11.2. The fraction of sp³-hybridized carbons (Fsp3) is 0.267. The molecule has 1 aromatic heterocycles. The molecule has 3 rings (SSSR count). The van der Waals surface area contributed by atoms with Gasteiger partial charge in [-0.05, 0) is 43.2 Å². The van der Waals surface area contributed by atoms with Gasteiger partial charge in [0.05, 0.1) is 6.20 Å². The molecule has 98 valence electrons. The van der Waals surface area contributed by atoms with Gasteiger partial charge in [0.1, 0.15) is 11.5 Å². The first-order valence-electron chi connectivity index (χ1n) is 6.41. The minimum absolute atomic E-state index is 0.677. The van der Waals surface area contributed by atoms with Crippen LogP contribution < -0.4 is 10.1 Å². The highest BCUT2D eigenvalue weighted by Gasteiger charge is 2.20. The van der Waals surface area contributed by atoms with E-state index in [0.717, 1.165) is 23.6 Å². The lowest BCUT2D eigenvalue weighted by molar-refractivity contribution is 0.470. The molecular weight excluding hydrogens is 260 g/mol. The van der Waals surface area contributed by atoms with Crippen molar-refractivity contribution in [2.45, 2.75) is 25.4 Å². The Bertz CT molecular complexity index is 552. The van der Waals surface area contributed by atoms with Gasteiger partial charge in [0.15, 0.2) is 0 Å².